The summed E-state index contributed by atoms with van der Waals surface area (Å²) < 4.78 is 37.3. The molecule has 1 aliphatic rings. The second kappa shape index (κ2) is 7.48. The van der Waals surface area contributed by atoms with Gasteiger partial charge in [-0.05, 0) is 17.7 Å². The van der Waals surface area contributed by atoms with Crippen LogP contribution < -0.4 is 5.32 Å². The molecule has 4 nitrogen and oxygen atoms in total. The largest absolute Gasteiger partial charge is 0.480 e. The minimum absolute atomic E-state index is 0.134. The molecule has 23 heavy (non-hydrogen) atoms. The molecule has 1 fully saturated rings. The number of carbonyl (C=O) groups excluding carboxylic acids is 1. The van der Waals surface area contributed by atoms with Gasteiger partial charge >= 0.3 is 12.1 Å². The van der Waals surface area contributed by atoms with E-state index in [1.54, 1.807) is 35.7 Å². The standard InChI is InChI=1S/C14H14F3NO3S2/c15-14(16,17)7-10(12(20)21)18-11(19)8-1-3-9(4-2-8)13-22-5-6-23-13/h1-4,10,13H,5-7H2,(H,18,19)(H,20,21). The van der Waals surface area contributed by atoms with E-state index in [1.807, 2.05) is 5.32 Å². The number of alkyl halides is 3. The van der Waals surface area contributed by atoms with Crippen molar-refractivity contribution >= 4 is 35.4 Å². The average molecular weight is 365 g/mol. The van der Waals surface area contributed by atoms with Crippen LogP contribution in [0.2, 0.25) is 0 Å². The first-order valence-electron chi connectivity index (χ1n) is 6.70. The second-order valence-corrected chi connectivity index (χ2v) is 7.60. The molecule has 2 rings (SSSR count). The molecular formula is C14H14F3NO3S2. The van der Waals surface area contributed by atoms with E-state index in [-0.39, 0.29) is 5.56 Å². The van der Waals surface area contributed by atoms with Gasteiger partial charge in [-0.3, -0.25) is 4.79 Å². The molecule has 1 heterocycles. The van der Waals surface area contributed by atoms with E-state index in [2.05, 4.69) is 0 Å². The molecular weight excluding hydrogens is 351 g/mol. The van der Waals surface area contributed by atoms with E-state index in [9.17, 15) is 22.8 Å². The number of aliphatic carboxylic acids is 1. The number of benzene rings is 1. The van der Waals surface area contributed by atoms with Crippen LogP contribution in [-0.4, -0.2) is 40.7 Å². The fraction of sp³-hybridized carbons (Fsp3) is 0.429. The lowest BCUT2D eigenvalue weighted by Crippen LogP contribution is -2.43. The van der Waals surface area contributed by atoms with Crippen LogP contribution in [0.15, 0.2) is 24.3 Å². The van der Waals surface area contributed by atoms with Crippen molar-refractivity contribution in [2.24, 2.45) is 0 Å². The lowest BCUT2D eigenvalue weighted by molar-refractivity contribution is -0.157. The fourth-order valence-electron chi connectivity index (χ4n) is 2.02. The third kappa shape index (κ3) is 5.35. The summed E-state index contributed by atoms with van der Waals surface area (Å²) in [5.41, 5.74) is 1.16. The number of thioether (sulfide) groups is 2. The molecule has 1 amide bonds. The Bertz CT molecular complexity index is 572. The van der Waals surface area contributed by atoms with Gasteiger partial charge in [0.05, 0.1) is 11.0 Å². The van der Waals surface area contributed by atoms with E-state index in [0.29, 0.717) is 4.58 Å². The summed E-state index contributed by atoms with van der Waals surface area (Å²) in [6, 6.07) is 4.48. The van der Waals surface area contributed by atoms with Crippen LogP contribution >= 0.6 is 23.5 Å². The molecule has 0 radical (unpaired) electrons. The zero-order valence-corrected chi connectivity index (χ0v) is 13.4. The first-order chi connectivity index (χ1) is 10.8. The van der Waals surface area contributed by atoms with Gasteiger partial charge < -0.3 is 10.4 Å². The Labute approximate surface area is 139 Å². The van der Waals surface area contributed by atoms with Crippen LogP contribution in [0.5, 0.6) is 0 Å². The molecule has 1 aromatic carbocycles. The SMILES string of the molecule is O=C(NC(CC(F)(F)F)C(=O)O)c1ccc(C2SCCS2)cc1. The molecule has 1 saturated heterocycles. The quantitative estimate of drug-likeness (QED) is 0.838. The summed E-state index contributed by atoms with van der Waals surface area (Å²) in [7, 11) is 0. The Hall–Kier alpha value is -1.35. The van der Waals surface area contributed by atoms with Gasteiger partial charge in [-0.15, -0.1) is 23.5 Å². The van der Waals surface area contributed by atoms with Crippen molar-refractivity contribution < 1.29 is 27.9 Å². The van der Waals surface area contributed by atoms with E-state index in [4.69, 9.17) is 5.11 Å². The maximum absolute atomic E-state index is 12.3. The predicted octanol–water partition coefficient (Wildman–Crippen LogP) is 3.30. The number of carbonyl (C=O) groups is 2. The molecule has 0 aliphatic carbocycles. The van der Waals surface area contributed by atoms with Crippen LogP contribution in [0.4, 0.5) is 13.2 Å². The Morgan fingerprint density at radius 2 is 1.78 bits per heavy atom. The fourth-order valence-corrected chi connectivity index (χ4v) is 4.87. The summed E-state index contributed by atoms with van der Waals surface area (Å²) in [6.45, 7) is 0. The monoisotopic (exact) mass is 365 g/mol. The van der Waals surface area contributed by atoms with Crippen molar-refractivity contribution in [1.82, 2.24) is 5.32 Å². The number of rotatable bonds is 5. The van der Waals surface area contributed by atoms with Crippen molar-refractivity contribution in [1.29, 1.82) is 0 Å². The Morgan fingerprint density at radius 3 is 2.26 bits per heavy atom. The van der Waals surface area contributed by atoms with Gasteiger partial charge in [0.2, 0.25) is 0 Å². The number of hydrogen-bond acceptors (Lipinski definition) is 4. The number of nitrogens with one attached hydrogen (secondary N) is 1. The first kappa shape index (κ1) is 18.0. The van der Waals surface area contributed by atoms with Gasteiger partial charge in [0.15, 0.2) is 0 Å². The molecule has 0 aromatic heterocycles. The molecule has 1 atom stereocenters. The highest BCUT2D eigenvalue weighted by atomic mass is 32.2. The molecule has 0 saturated carbocycles. The summed E-state index contributed by atoms with van der Waals surface area (Å²) in [5.74, 6) is -0.448. The van der Waals surface area contributed by atoms with Gasteiger partial charge in [-0.1, -0.05) is 12.1 Å². The number of carboxylic acids is 1. The van der Waals surface area contributed by atoms with Crippen LogP contribution in [0.3, 0.4) is 0 Å². The predicted molar refractivity (Wildman–Crippen MR) is 83.7 cm³/mol. The maximum atomic E-state index is 12.3. The summed E-state index contributed by atoms with van der Waals surface area (Å²) in [5, 5.41) is 10.7. The highest BCUT2D eigenvalue weighted by molar-refractivity contribution is 8.19. The second-order valence-electron chi connectivity index (χ2n) is 4.88. The molecule has 2 N–H and O–H groups in total. The number of carboxylic acid groups (broad SMARTS) is 1. The highest BCUT2D eigenvalue weighted by Crippen LogP contribution is 2.45. The topological polar surface area (TPSA) is 66.4 Å². The summed E-state index contributed by atoms with van der Waals surface area (Å²) in [4.78, 5) is 22.8. The zero-order valence-electron chi connectivity index (χ0n) is 11.8. The zero-order chi connectivity index (χ0) is 17.0. The third-order valence-corrected chi connectivity index (χ3v) is 6.21. The Balaban J connectivity index is 2.02. The summed E-state index contributed by atoms with van der Waals surface area (Å²) in [6.07, 6.45) is -6.28. The Morgan fingerprint density at radius 1 is 1.22 bits per heavy atom. The smallest absolute Gasteiger partial charge is 0.391 e. The normalized spacial score (nSPS) is 17.0. The van der Waals surface area contributed by atoms with Crippen LogP contribution in [-0.2, 0) is 4.79 Å². The van der Waals surface area contributed by atoms with E-state index < -0.39 is 30.5 Å². The van der Waals surface area contributed by atoms with Crippen LogP contribution in [0.1, 0.15) is 26.9 Å². The minimum atomic E-state index is -4.67. The van der Waals surface area contributed by atoms with Gasteiger partial charge in [0, 0.05) is 17.1 Å². The Kier molecular flexibility index (Phi) is 5.85. The van der Waals surface area contributed by atoms with Gasteiger partial charge in [-0.2, -0.15) is 13.2 Å². The third-order valence-electron chi connectivity index (χ3n) is 3.11. The maximum Gasteiger partial charge on any atom is 0.391 e. The lowest BCUT2D eigenvalue weighted by Gasteiger charge is -2.16. The van der Waals surface area contributed by atoms with E-state index in [1.165, 1.54) is 12.1 Å². The molecule has 126 valence electrons. The van der Waals surface area contributed by atoms with E-state index in [0.717, 1.165) is 17.1 Å². The van der Waals surface area contributed by atoms with Crippen molar-refractivity contribution in [3.8, 4) is 0 Å². The van der Waals surface area contributed by atoms with Crippen LogP contribution in [0.25, 0.3) is 0 Å². The number of amides is 1. The van der Waals surface area contributed by atoms with Gasteiger partial charge in [0.25, 0.3) is 5.91 Å². The molecule has 9 heteroatoms. The minimum Gasteiger partial charge on any atom is -0.480 e. The lowest BCUT2D eigenvalue weighted by atomic mass is 10.1. The van der Waals surface area contributed by atoms with Crippen molar-refractivity contribution in [2.45, 2.75) is 23.2 Å². The highest BCUT2D eigenvalue weighted by Gasteiger charge is 2.36. The molecule has 0 bridgehead atoms. The van der Waals surface area contributed by atoms with E-state index >= 15 is 0 Å². The molecule has 1 aliphatic heterocycles. The number of hydrogen-bond donors (Lipinski definition) is 2. The van der Waals surface area contributed by atoms with Gasteiger partial charge in [0.1, 0.15) is 6.04 Å². The molecule has 0 spiro atoms. The van der Waals surface area contributed by atoms with Crippen molar-refractivity contribution in [3.05, 3.63) is 35.4 Å². The van der Waals surface area contributed by atoms with Gasteiger partial charge in [-0.25, -0.2) is 4.79 Å². The first-order valence-corrected chi connectivity index (χ1v) is 8.79. The molecule has 1 aromatic rings. The summed E-state index contributed by atoms with van der Waals surface area (Å²) >= 11 is 3.58. The van der Waals surface area contributed by atoms with Crippen molar-refractivity contribution in [3.63, 3.8) is 0 Å². The average Bonchev–Trinajstić information content (AvgIpc) is 2.99. The molecule has 1 unspecified atom stereocenters. The number of halogens is 3. The van der Waals surface area contributed by atoms with Crippen LogP contribution in [0, 0.1) is 0 Å². The van der Waals surface area contributed by atoms with Crippen molar-refractivity contribution in [2.75, 3.05) is 11.5 Å².